The average Bonchev–Trinajstić information content (AvgIpc) is 2.73. The number of hydrogen-bond acceptors (Lipinski definition) is 4. The van der Waals surface area contributed by atoms with Crippen LogP contribution in [0.25, 0.3) is 0 Å². The Labute approximate surface area is 144 Å². The fourth-order valence-corrected chi connectivity index (χ4v) is 4.43. The van der Waals surface area contributed by atoms with Gasteiger partial charge in [0.1, 0.15) is 11.0 Å². The molecule has 12 heteroatoms. The van der Waals surface area contributed by atoms with E-state index in [0.717, 1.165) is 18.6 Å². The van der Waals surface area contributed by atoms with Crippen LogP contribution in [0.2, 0.25) is 0 Å². The molecule has 0 radical (unpaired) electrons. The van der Waals surface area contributed by atoms with E-state index in [2.05, 4.69) is 6.58 Å². The van der Waals surface area contributed by atoms with Gasteiger partial charge in [-0.25, -0.2) is 8.42 Å². The summed E-state index contributed by atoms with van der Waals surface area (Å²) >= 11 is 16.5. The molecule has 0 amide bonds. The molecule has 0 aromatic heterocycles. The van der Waals surface area contributed by atoms with Gasteiger partial charge in [0.2, 0.25) is 5.78 Å². The Morgan fingerprint density at radius 2 is 1.82 bits per heavy atom. The summed E-state index contributed by atoms with van der Waals surface area (Å²) in [5.41, 5.74) is -5.65. The summed E-state index contributed by atoms with van der Waals surface area (Å²) in [6, 6.07) is 0. The number of carbonyl (C=O) groups is 1. The van der Waals surface area contributed by atoms with E-state index in [1.807, 2.05) is 6.08 Å². The van der Waals surface area contributed by atoms with Gasteiger partial charge in [0.15, 0.2) is 15.9 Å². The molecule has 22 heavy (non-hydrogen) atoms. The smallest absolute Gasteiger partial charge is 0.485 e. The highest BCUT2D eigenvalue weighted by Crippen LogP contribution is 2.31. The number of alkyl halides is 6. The van der Waals surface area contributed by atoms with Gasteiger partial charge in [-0.15, -0.1) is 0 Å². The summed E-state index contributed by atoms with van der Waals surface area (Å²) in [7, 11) is -6.05. The SMILES string of the molecule is C=CC1CCC[S+]1CC(=O)C(Cl)(Cl)Cl.O=S(=O)([O-])C(F)(F)F. The van der Waals surface area contributed by atoms with Crippen LogP contribution in [0.15, 0.2) is 12.7 Å². The standard InChI is InChI=1S/C9H12Cl3OS.CHF3O3S/c1-2-7-4-3-5-14(7)6-8(13)9(10,11)12;2-1(3,4)8(5,6)7/h2,7H,1,3-6H2;(H,5,6,7)/q+1;/p-1. The Balaban J connectivity index is 0.000000472. The van der Waals surface area contributed by atoms with Gasteiger partial charge in [0, 0.05) is 17.3 Å². The maximum Gasteiger partial charge on any atom is 0.485 e. The lowest BCUT2D eigenvalue weighted by Gasteiger charge is -2.10. The molecule has 1 fully saturated rings. The van der Waals surface area contributed by atoms with Crippen LogP contribution in [0.3, 0.4) is 0 Å². The lowest BCUT2D eigenvalue weighted by atomic mass is 10.2. The third-order valence-corrected chi connectivity index (χ3v) is 6.43. The van der Waals surface area contributed by atoms with Crippen LogP contribution in [0.5, 0.6) is 0 Å². The van der Waals surface area contributed by atoms with Crippen molar-refractivity contribution in [2.45, 2.75) is 27.4 Å². The van der Waals surface area contributed by atoms with Gasteiger partial charge < -0.3 is 4.55 Å². The predicted molar refractivity (Wildman–Crippen MR) is 81.4 cm³/mol. The summed E-state index contributed by atoms with van der Waals surface area (Å²) in [6.07, 6.45) is 4.18. The third kappa shape index (κ3) is 7.74. The van der Waals surface area contributed by atoms with Gasteiger partial charge in [-0.3, -0.25) is 4.79 Å². The van der Waals surface area contributed by atoms with E-state index in [1.165, 1.54) is 0 Å². The highest BCUT2D eigenvalue weighted by Gasteiger charge is 2.41. The Kier molecular flexibility index (Phi) is 8.56. The Bertz CT molecular complexity index is 503. The summed E-state index contributed by atoms with van der Waals surface area (Å²) in [4.78, 5) is 11.5. The van der Waals surface area contributed by atoms with Crippen molar-refractivity contribution < 1.29 is 30.9 Å². The van der Waals surface area contributed by atoms with E-state index in [9.17, 15) is 18.0 Å². The Hall–Kier alpha value is 0.330. The zero-order valence-electron chi connectivity index (χ0n) is 10.9. The zero-order valence-corrected chi connectivity index (χ0v) is 14.8. The summed E-state index contributed by atoms with van der Waals surface area (Å²) in [6.45, 7) is 3.76. The van der Waals surface area contributed by atoms with Crippen molar-refractivity contribution in [3.63, 3.8) is 0 Å². The lowest BCUT2D eigenvalue weighted by Crippen LogP contribution is -2.31. The number of rotatable bonds is 3. The van der Waals surface area contributed by atoms with Crippen LogP contribution in [-0.4, -0.2) is 44.8 Å². The van der Waals surface area contributed by atoms with Gasteiger partial charge in [-0.2, -0.15) is 13.2 Å². The minimum absolute atomic E-state index is 0.0374. The molecular formula is C10H12Cl3F3O4S2. The number of ketones is 1. The van der Waals surface area contributed by atoms with Crippen LogP contribution in [0.4, 0.5) is 13.2 Å². The predicted octanol–water partition coefficient (Wildman–Crippen LogP) is 2.94. The van der Waals surface area contributed by atoms with E-state index in [1.54, 1.807) is 0 Å². The van der Waals surface area contributed by atoms with Crippen LogP contribution < -0.4 is 0 Å². The van der Waals surface area contributed by atoms with E-state index in [4.69, 9.17) is 47.8 Å². The topological polar surface area (TPSA) is 74.3 Å². The molecule has 0 N–H and O–H groups in total. The van der Waals surface area contributed by atoms with Crippen LogP contribution >= 0.6 is 34.8 Å². The number of hydrogen-bond donors (Lipinski definition) is 0. The molecule has 0 saturated carbocycles. The molecule has 0 bridgehead atoms. The zero-order chi connectivity index (χ0) is 17.8. The first-order valence-corrected chi connectivity index (χ1v) is 9.78. The van der Waals surface area contributed by atoms with Crippen LogP contribution in [0.1, 0.15) is 12.8 Å². The lowest BCUT2D eigenvalue weighted by molar-refractivity contribution is -0.115. The van der Waals surface area contributed by atoms with E-state index < -0.39 is 19.4 Å². The second kappa shape index (κ2) is 8.43. The monoisotopic (exact) mass is 422 g/mol. The molecule has 4 nitrogen and oxygen atoms in total. The molecule has 0 spiro atoms. The Morgan fingerprint density at radius 1 is 1.36 bits per heavy atom. The molecule has 0 aromatic carbocycles. The number of halogens is 6. The number of Topliss-reactive ketones (excluding diaryl/α,β-unsaturated/α-hetero) is 1. The second-order valence-corrected chi connectivity index (χ2v) is 10.2. The van der Waals surface area contributed by atoms with Crippen molar-refractivity contribution in [1.29, 1.82) is 0 Å². The first-order chi connectivity index (χ1) is 9.70. The van der Waals surface area contributed by atoms with Gasteiger partial charge in [-0.1, -0.05) is 41.4 Å². The first-order valence-electron chi connectivity index (χ1n) is 5.61. The van der Waals surface area contributed by atoms with Crippen LogP contribution in [0, 0.1) is 0 Å². The van der Waals surface area contributed by atoms with Crippen molar-refractivity contribution in [3.05, 3.63) is 12.7 Å². The molecule has 0 aromatic rings. The first kappa shape index (κ1) is 22.3. The number of carbonyl (C=O) groups excluding carboxylic acids is 1. The maximum atomic E-state index is 11.5. The van der Waals surface area contributed by atoms with Crippen molar-refractivity contribution >= 4 is 61.6 Å². The molecule has 1 rings (SSSR count). The van der Waals surface area contributed by atoms with Crippen LogP contribution in [-0.2, 0) is 25.8 Å². The van der Waals surface area contributed by atoms with E-state index >= 15 is 0 Å². The van der Waals surface area contributed by atoms with Gasteiger partial charge in [0.05, 0.1) is 0 Å². The third-order valence-electron chi connectivity index (χ3n) is 2.50. The summed E-state index contributed by atoms with van der Waals surface area (Å²) < 4.78 is 57.2. The highest BCUT2D eigenvalue weighted by molar-refractivity contribution is 7.98. The van der Waals surface area contributed by atoms with Crippen molar-refractivity contribution in [2.75, 3.05) is 11.5 Å². The molecular weight excluding hydrogens is 412 g/mol. The van der Waals surface area contributed by atoms with Gasteiger partial charge in [-0.05, 0) is 12.5 Å². The van der Waals surface area contributed by atoms with Crippen molar-refractivity contribution in [2.24, 2.45) is 0 Å². The molecule has 1 aliphatic heterocycles. The largest absolute Gasteiger partial charge is 0.741 e. The molecule has 2 atom stereocenters. The minimum Gasteiger partial charge on any atom is -0.741 e. The minimum atomic E-state index is -6.09. The van der Waals surface area contributed by atoms with E-state index in [-0.39, 0.29) is 16.7 Å². The van der Waals surface area contributed by atoms with Gasteiger partial charge in [0.25, 0.3) is 3.79 Å². The summed E-state index contributed by atoms with van der Waals surface area (Å²) in [5, 5.41) is 0.436. The summed E-state index contributed by atoms with van der Waals surface area (Å²) in [5.74, 6) is 1.15. The molecule has 1 heterocycles. The molecule has 1 aliphatic rings. The van der Waals surface area contributed by atoms with E-state index in [0.29, 0.717) is 11.0 Å². The average molecular weight is 424 g/mol. The normalized spacial score (nSPS) is 22.7. The van der Waals surface area contributed by atoms with Crippen molar-refractivity contribution in [1.82, 2.24) is 0 Å². The fourth-order valence-electron chi connectivity index (χ4n) is 1.47. The van der Waals surface area contributed by atoms with Gasteiger partial charge >= 0.3 is 5.51 Å². The molecule has 130 valence electrons. The second-order valence-electron chi connectivity index (χ2n) is 4.12. The highest BCUT2D eigenvalue weighted by atomic mass is 35.6. The maximum absolute atomic E-state index is 11.5. The molecule has 1 saturated heterocycles. The Morgan fingerprint density at radius 3 is 2.14 bits per heavy atom. The molecule has 2 unspecified atom stereocenters. The fraction of sp³-hybridized carbons (Fsp3) is 0.700. The quantitative estimate of drug-likeness (QED) is 0.230. The van der Waals surface area contributed by atoms with Crippen molar-refractivity contribution in [3.8, 4) is 0 Å². The molecule has 0 aliphatic carbocycles.